The SMILES string of the molecule is C=C/C(=C\C=N)N1/C=C\C(c2ccccc2)=C/C(=C)c2cc(CCC)c(-c3ccc4c5cc(-c6cccc(SI)c6)ccc5n(C(/C=C\N)=C/C)c4c3)cc21.CSI. The van der Waals surface area contributed by atoms with Gasteiger partial charge in [-0.05, 0) is 164 Å². The van der Waals surface area contributed by atoms with Crippen LogP contribution in [0.15, 0.2) is 176 Å². The quantitative estimate of drug-likeness (QED) is 0.0771. The molecule has 0 unspecified atom stereocenters. The third-order valence-corrected chi connectivity index (χ3v) is 12.0. The van der Waals surface area contributed by atoms with Gasteiger partial charge in [0.25, 0.3) is 0 Å². The first kappa shape index (κ1) is 43.1. The molecule has 0 saturated carbocycles. The van der Waals surface area contributed by atoms with Gasteiger partial charge in [-0.3, -0.25) is 0 Å². The summed E-state index contributed by atoms with van der Waals surface area (Å²) >= 11 is 4.55. The average Bonchev–Trinajstić information content (AvgIpc) is 3.57. The summed E-state index contributed by atoms with van der Waals surface area (Å²) in [7, 11) is 3.45. The predicted molar refractivity (Wildman–Crippen MR) is 277 cm³/mol. The first-order chi connectivity index (χ1) is 28.3. The average molecular weight is 1020 g/mol. The number of nitrogens with zero attached hydrogens (tertiary/aromatic N) is 2. The van der Waals surface area contributed by atoms with Crippen molar-refractivity contribution in [1.82, 2.24) is 4.57 Å². The van der Waals surface area contributed by atoms with Crippen molar-refractivity contribution < 1.29 is 0 Å². The second-order valence-corrected chi connectivity index (χ2v) is 18.4. The van der Waals surface area contributed by atoms with Crippen LogP contribution in [0.2, 0.25) is 0 Å². The van der Waals surface area contributed by atoms with E-state index in [0.29, 0.717) is 0 Å². The molecule has 7 rings (SSSR count). The van der Waals surface area contributed by atoms with Crippen LogP contribution in [0.25, 0.3) is 60.9 Å². The number of aromatic nitrogens is 1. The summed E-state index contributed by atoms with van der Waals surface area (Å²) in [4.78, 5) is 3.35. The molecule has 0 saturated heterocycles. The fourth-order valence-corrected chi connectivity index (χ4v) is 8.64. The summed E-state index contributed by atoms with van der Waals surface area (Å²) in [6.45, 7) is 13.0. The van der Waals surface area contributed by atoms with E-state index in [4.69, 9.17) is 11.1 Å². The molecule has 292 valence electrons. The highest BCUT2D eigenvalue weighted by molar-refractivity contribution is 14.2. The Hall–Kier alpha value is -4.49. The summed E-state index contributed by atoms with van der Waals surface area (Å²) in [5, 5.41) is 10.3. The molecule has 3 N–H and O–H groups in total. The van der Waals surface area contributed by atoms with E-state index in [1.165, 1.54) is 38.6 Å². The number of nitrogens with one attached hydrogen (secondary N) is 1. The van der Waals surface area contributed by atoms with Crippen LogP contribution in [0.4, 0.5) is 5.69 Å². The molecule has 58 heavy (non-hydrogen) atoms. The third kappa shape index (κ3) is 9.20. The zero-order chi connectivity index (χ0) is 41.2. The zero-order valence-corrected chi connectivity index (χ0v) is 38.8. The van der Waals surface area contributed by atoms with Gasteiger partial charge in [-0.25, -0.2) is 0 Å². The van der Waals surface area contributed by atoms with E-state index in [0.717, 1.165) is 74.4 Å². The largest absolute Gasteiger partial charge is 0.405 e. The van der Waals surface area contributed by atoms with E-state index in [2.05, 4.69) is 200 Å². The molecular formula is C50H46I2N4S2. The Labute approximate surface area is 375 Å². The van der Waals surface area contributed by atoms with Gasteiger partial charge >= 0.3 is 0 Å². The number of allylic oxidation sites excluding steroid dienone is 9. The second-order valence-electron chi connectivity index (χ2n) is 13.5. The number of fused-ring (bicyclic) bond motifs is 4. The number of benzene rings is 5. The molecule has 1 aliphatic heterocycles. The standard InChI is InChI=1S/C49H43IN4S.CH3IS/c1-5-12-38-30-44-33(4)27-37(34-13-9-8-10-14-34)23-26-53(40(6-2)21-24-51)48(44)32-45(38)39-17-19-43-46-29-36(35-15-11-16-42(28-35)55-50)18-20-47(46)54(49(43)31-39)41(7-3)22-25-52;1-3-2/h6-11,13-32,51H,2,4-5,12,52H2,1,3H3;1H3/b25-22-,26-23-,37-27+,40-21+,41-7+,51-24?;. The van der Waals surface area contributed by atoms with E-state index >= 15 is 0 Å². The van der Waals surface area contributed by atoms with Crippen LogP contribution in [0.5, 0.6) is 0 Å². The van der Waals surface area contributed by atoms with E-state index < -0.39 is 0 Å². The number of aryl methyl sites for hydroxylation is 1. The van der Waals surface area contributed by atoms with E-state index in [1.807, 2.05) is 18.4 Å². The molecule has 6 aromatic rings. The van der Waals surface area contributed by atoms with Gasteiger partial charge < -0.3 is 20.6 Å². The molecular weight excluding hydrogens is 975 g/mol. The maximum absolute atomic E-state index is 7.97. The number of anilines is 1. The summed E-state index contributed by atoms with van der Waals surface area (Å²) in [5.41, 5.74) is 21.1. The molecule has 4 nitrogen and oxygen atoms in total. The van der Waals surface area contributed by atoms with Gasteiger partial charge in [-0.15, -0.1) is 0 Å². The number of hydrogen-bond acceptors (Lipinski definition) is 5. The predicted octanol–water partition coefficient (Wildman–Crippen LogP) is 15.7. The fraction of sp³-hybridized carbons (Fsp3) is 0.100. The van der Waals surface area contributed by atoms with Crippen molar-refractivity contribution in [3.05, 3.63) is 188 Å². The van der Waals surface area contributed by atoms with Gasteiger partial charge in [-0.1, -0.05) is 111 Å². The van der Waals surface area contributed by atoms with Crippen LogP contribution in [0, 0.1) is 5.41 Å². The Morgan fingerprint density at radius 1 is 0.828 bits per heavy atom. The number of nitrogens with two attached hydrogens (primary N) is 1. The molecule has 2 heterocycles. The Balaban J connectivity index is 0.00000183. The topological polar surface area (TPSA) is 58.0 Å². The highest BCUT2D eigenvalue weighted by atomic mass is 127. The maximum atomic E-state index is 7.97. The summed E-state index contributed by atoms with van der Waals surface area (Å²) < 4.78 is 2.32. The third-order valence-electron chi connectivity index (χ3n) is 10.1. The van der Waals surface area contributed by atoms with Gasteiger partial charge in [0, 0.05) is 66.2 Å². The van der Waals surface area contributed by atoms with E-state index in [1.54, 1.807) is 36.2 Å². The molecule has 1 aromatic heterocycles. The van der Waals surface area contributed by atoms with Crippen molar-refractivity contribution in [2.24, 2.45) is 5.73 Å². The molecule has 8 heteroatoms. The lowest BCUT2D eigenvalue weighted by Crippen LogP contribution is -2.17. The smallest absolute Gasteiger partial charge is 0.0547 e. The number of hydrogen-bond donors (Lipinski definition) is 2. The lowest BCUT2D eigenvalue weighted by atomic mass is 9.89. The summed E-state index contributed by atoms with van der Waals surface area (Å²) in [6.07, 6.45) is 20.9. The van der Waals surface area contributed by atoms with Crippen molar-refractivity contribution in [3.63, 3.8) is 0 Å². The highest BCUT2D eigenvalue weighted by Gasteiger charge is 2.22. The first-order valence-corrected chi connectivity index (χ1v) is 26.1. The molecule has 0 atom stereocenters. The van der Waals surface area contributed by atoms with Crippen molar-refractivity contribution >= 4 is 111 Å². The Morgan fingerprint density at radius 3 is 2.26 bits per heavy atom. The Morgan fingerprint density at radius 2 is 1.57 bits per heavy atom. The van der Waals surface area contributed by atoms with E-state index in [-0.39, 0.29) is 0 Å². The van der Waals surface area contributed by atoms with Crippen LogP contribution in [-0.2, 0) is 6.42 Å². The van der Waals surface area contributed by atoms with Crippen LogP contribution >= 0.6 is 60.3 Å². The van der Waals surface area contributed by atoms with Crippen LogP contribution in [0.3, 0.4) is 0 Å². The first-order valence-electron chi connectivity index (χ1n) is 19.0. The minimum Gasteiger partial charge on any atom is -0.405 e. The van der Waals surface area contributed by atoms with Crippen molar-refractivity contribution in [2.75, 3.05) is 11.2 Å². The normalized spacial score (nSPS) is 14.7. The minimum absolute atomic E-state index is 0.795. The van der Waals surface area contributed by atoms with Crippen molar-refractivity contribution in [3.8, 4) is 22.3 Å². The van der Waals surface area contributed by atoms with Crippen LogP contribution in [-0.4, -0.2) is 17.0 Å². The van der Waals surface area contributed by atoms with Gasteiger partial charge in [0.05, 0.1) is 16.7 Å². The molecule has 0 bridgehead atoms. The van der Waals surface area contributed by atoms with Crippen LogP contribution in [0.1, 0.15) is 37.0 Å². The highest BCUT2D eigenvalue weighted by Crippen LogP contribution is 2.43. The van der Waals surface area contributed by atoms with Crippen molar-refractivity contribution in [2.45, 2.75) is 31.6 Å². The van der Waals surface area contributed by atoms with Crippen molar-refractivity contribution in [1.29, 1.82) is 5.41 Å². The summed E-state index contributed by atoms with van der Waals surface area (Å²) in [5.74, 6) is 0. The molecule has 1 aliphatic rings. The zero-order valence-electron chi connectivity index (χ0n) is 32.9. The molecule has 0 aliphatic carbocycles. The van der Waals surface area contributed by atoms with Gasteiger partial charge in [-0.2, -0.15) is 0 Å². The number of rotatable bonds is 11. The Bertz CT molecular complexity index is 2650. The van der Waals surface area contributed by atoms with E-state index in [9.17, 15) is 0 Å². The second kappa shape index (κ2) is 20.5. The molecule has 0 spiro atoms. The molecule has 0 amide bonds. The van der Waals surface area contributed by atoms with Crippen LogP contribution < -0.4 is 10.6 Å². The van der Waals surface area contributed by atoms with Gasteiger partial charge in [0.15, 0.2) is 0 Å². The fourth-order valence-electron chi connectivity index (χ4n) is 7.52. The molecule has 5 aromatic carbocycles. The molecule has 0 fully saturated rings. The molecule has 0 radical (unpaired) electrons. The van der Waals surface area contributed by atoms with Gasteiger partial charge in [0.1, 0.15) is 0 Å². The maximum Gasteiger partial charge on any atom is 0.0547 e. The summed E-state index contributed by atoms with van der Waals surface area (Å²) in [6, 6.07) is 37.3. The minimum atomic E-state index is 0.795. The Kier molecular flexibility index (Phi) is 15.2. The number of halogens is 2. The lowest BCUT2D eigenvalue weighted by Gasteiger charge is -2.28. The monoisotopic (exact) mass is 1020 g/mol. The lowest BCUT2D eigenvalue weighted by molar-refractivity contribution is 0.922. The van der Waals surface area contributed by atoms with Gasteiger partial charge in [0.2, 0.25) is 0 Å².